The van der Waals surface area contributed by atoms with Crippen molar-refractivity contribution in [2.45, 2.75) is 25.8 Å². The van der Waals surface area contributed by atoms with Crippen LogP contribution in [0.25, 0.3) is 0 Å². The predicted molar refractivity (Wildman–Crippen MR) is 79.6 cm³/mol. The number of hydrogen-bond donors (Lipinski definition) is 2. The molecule has 1 saturated carbocycles. The van der Waals surface area contributed by atoms with Crippen LogP contribution in [0.2, 0.25) is 10.0 Å². The van der Waals surface area contributed by atoms with Gasteiger partial charge >= 0.3 is 0 Å². The molecule has 1 aromatic rings. The molecule has 18 heavy (non-hydrogen) atoms. The summed E-state index contributed by atoms with van der Waals surface area (Å²) >= 11 is 12.2. The van der Waals surface area contributed by atoms with Gasteiger partial charge in [-0.2, -0.15) is 0 Å². The molecule has 100 valence electrons. The Balaban J connectivity index is 1.89. The van der Waals surface area contributed by atoms with Crippen molar-refractivity contribution in [2.75, 3.05) is 30.7 Å². The van der Waals surface area contributed by atoms with Crippen molar-refractivity contribution in [3.05, 3.63) is 22.2 Å². The van der Waals surface area contributed by atoms with Crippen molar-refractivity contribution in [2.24, 2.45) is 0 Å². The molecule has 0 aromatic heterocycles. The average Bonchev–Trinajstić information content (AvgIpc) is 3.11. The molecular weight excluding hydrogens is 269 g/mol. The van der Waals surface area contributed by atoms with Crippen LogP contribution in [0.15, 0.2) is 12.1 Å². The van der Waals surface area contributed by atoms with Gasteiger partial charge in [0.2, 0.25) is 0 Å². The normalized spacial score (nSPS) is 15.1. The maximum atomic E-state index is 6.12. The standard InChI is InChI=1S/C13H19Cl2N3/c1-2-18(10-3-4-10)6-5-17-13-11(14)7-9(16)8-12(13)15/h7-8,10,17H,2-6,16H2,1H3. The van der Waals surface area contributed by atoms with E-state index >= 15 is 0 Å². The number of nitrogens with zero attached hydrogens (tertiary/aromatic N) is 1. The molecule has 0 heterocycles. The minimum Gasteiger partial charge on any atom is -0.399 e. The molecule has 0 radical (unpaired) electrons. The average molecular weight is 288 g/mol. The molecular formula is C13H19Cl2N3. The van der Waals surface area contributed by atoms with Crippen molar-refractivity contribution < 1.29 is 0 Å². The first-order valence-electron chi connectivity index (χ1n) is 6.34. The van der Waals surface area contributed by atoms with E-state index < -0.39 is 0 Å². The summed E-state index contributed by atoms with van der Waals surface area (Å²) in [5.41, 5.74) is 7.03. The number of nitrogens with two attached hydrogens (primary N) is 1. The zero-order chi connectivity index (χ0) is 13.1. The van der Waals surface area contributed by atoms with Crippen LogP contribution in [-0.2, 0) is 0 Å². The molecule has 0 saturated heterocycles. The fraction of sp³-hybridized carbons (Fsp3) is 0.538. The quantitative estimate of drug-likeness (QED) is 0.787. The van der Waals surface area contributed by atoms with Crippen molar-refractivity contribution >= 4 is 34.6 Å². The minimum absolute atomic E-state index is 0.578. The van der Waals surface area contributed by atoms with Crippen LogP contribution in [-0.4, -0.2) is 30.6 Å². The van der Waals surface area contributed by atoms with E-state index in [1.165, 1.54) is 12.8 Å². The Morgan fingerprint density at radius 2 is 1.94 bits per heavy atom. The Kier molecular flexibility index (Phi) is 4.60. The largest absolute Gasteiger partial charge is 0.399 e. The van der Waals surface area contributed by atoms with E-state index in [0.717, 1.165) is 31.4 Å². The Hall–Kier alpha value is -0.640. The van der Waals surface area contributed by atoms with Gasteiger partial charge in [-0.05, 0) is 31.5 Å². The van der Waals surface area contributed by atoms with Gasteiger partial charge in [0.1, 0.15) is 0 Å². The van der Waals surface area contributed by atoms with E-state index in [-0.39, 0.29) is 0 Å². The number of benzene rings is 1. The van der Waals surface area contributed by atoms with Crippen LogP contribution >= 0.6 is 23.2 Å². The van der Waals surface area contributed by atoms with E-state index in [2.05, 4.69) is 17.1 Å². The van der Waals surface area contributed by atoms with E-state index in [1.807, 2.05) is 0 Å². The summed E-state index contributed by atoms with van der Waals surface area (Å²) in [7, 11) is 0. The Morgan fingerprint density at radius 3 is 2.44 bits per heavy atom. The number of nitrogens with one attached hydrogen (secondary N) is 1. The maximum Gasteiger partial charge on any atom is 0.0720 e. The lowest BCUT2D eigenvalue weighted by atomic mass is 10.3. The lowest BCUT2D eigenvalue weighted by Gasteiger charge is -2.20. The van der Waals surface area contributed by atoms with Gasteiger partial charge in [-0.25, -0.2) is 0 Å². The molecule has 3 nitrogen and oxygen atoms in total. The number of rotatable bonds is 6. The molecule has 0 aliphatic heterocycles. The summed E-state index contributed by atoms with van der Waals surface area (Å²) in [6, 6.07) is 4.22. The molecule has 5 heteroatoms. The summed E-state index contributed by atoms with van der Waals surface area (Å²) in [5.74, 6) is 0. The van der Waals surface area contributed by atoms with Crippen LogP contribution in [0.3, 0.4) is 0 Å². The molecule has 0 bridgehead atoms. The lowest BCUT2D eigenvalue weighted by Crippen LogP contribution is -2.30. The van der Waals surface area contributed by atoms with Crippen molar-refractivity contribution in [1.82, 2.24) is 4.90 Å². The van der Waals surface area contributed by atoms with Gasteiger partial charge in [0.05, 0.1) is 15.7 Å². The molecule has 1 fully saturated rings. The van der Waals surface area contributed by atoms with Gasteiger partial charge in [-0.1, -0.05) is 30.1 Å². The molecule has 1 aliphatic rings. The molecule has 3 N–H and O–H groups in total. The molecule has 1 aromatic carbocycles. The first-order chi connectivity index (χ1) is 8.61. The highest BCUT2D eigenvalue weighted by Crippen LogP contribution is 2.32. The number of hydrogen-bond acceptors (Lipinski definition) is 3. The highest BCUT2D eigenvalue weighted by atomic mass is 35.5. The predicted octanol–water partition coefficient (Wildman–Crippen LogP) is 3.47. The third-order valence-electron chi connectivity index (χ3n) is 3.23. The molecule has 0 spiro atoms. The highest BCUT2D eigenvalue weighted by Gasteiger charge is 2.27. The molecule has 2 rings (SSSR count). The van der Waals surface area contributed by atoms with Crippen LogP contribution in [0.4, 0.5) is 11.4 Å². The maximum absolute atomic E-state index is 6.12. The summed E-state index contributed by atoms with van der Waals surface area (Å²) in [5, 5.41) is 4.45. The van der Waals surface area contributed by atoms with E-state index in [0.29, 0.717) is 15.7 Å². The van der Waals surface area contributed by atoms with Crippen molar-refractivity contribution in [3.8, 4) is 0 Å². The van der Waals surface area contributed by atoms with Gasteiger partial charge in [-0.3, -0.25) is 4.90 Å². The van der Waals surface area contributed by atoms with Gasteiger partial charge < -0.3 is 11.1 Å². The van der Waals surface area contributed by atoms with Crippen molar-refractivity contribution in [1.29, 1.82) is 0 Å². The third kappa shape index (κ3) is 3.44. The highest BCUT2D eigenvalue weighted by molar-refractivity contribution is 6.39. The second-order valence-corrected chi connectivity index (χ2v) is 5.46. The van der Waals surface area contributed by atoms with Crippen LogP contribution in [0.5, 0.6) is 0 Å². The minimum atomic E-state index is 0.578. The molecule has 1 aliphatic carbocycles. The van der Waals surface area contributed by atoms with E-state index in [9.17, 15) is 0 Å². The second-order valence-electron chi connectivity index (χ2n) is 4.65. The van der Waals surface area contributed by atoms with Gasteiger partial charge in [0.15, 0.2) is 0 Å². The van der Waals surface area contributed by atoms with Gasteiger partial charge in [-0.15, -0.1) is 0 Å². The monoisotopic (exact) mass is 287 g/mol. The third-order valence-corrected chi connectivity index (χ3v) is 3.83. The summed E-state index contributed by atoms with van der Waals surface area (Å²) in [4.78, 5) is 2.48. The Labute approximate surface area is 118 Å². The van der Waals surface area contributed by atoms with E-state index in [1.54, 1.807) is 12.1 Å². The summed E-state index contributed by atoms with van der Waals surface area (Å²) < 4.78 is 0. The fourth-order valence-electron chi connectivity index (χ4n) is 2.12. The Bertz CT molecular complexity index is 396. The molecule has 0 amide bonds. The van der Waals surface area contributed by atoms with Crippen LogP contribution in [0, 0.1) is 0 Å². The van der Waals surface area contributed by atoms with Crippen LogP contribution < -0.4 is 11.1 Å². The number of likely N-dealkylation sites (N-methyl/N-ethyl adjacent to an activating group) is 1. The zero-order valence-corrected chi connectivity index (χ0v) is 12.1. The number of halogens is 2. The summed E-state index contributed by atoms with van der Waals surface area (Å²) in [6.45, 7) is 5.14. The van der Waals surface area contributed by atoms with Crippen molar-refractivity contribution in [3.63, 3.8) is 0 Å². The smallest absolute Gasteiger partial charge is 0.0720 e. The zero-order valence-electron chi connectivity index (χ0n) is 10.5. The molecule has 0 unspecified atom stereocenters. The van der Waals surface area contributed by atoms with Gasteiger partial charge in [0.25, 0.3) is 0 Å². The first-order valence-corrected chi connectivity index (χ1v) is 7.10. The topological polar surface area (TPSA) is 41.3 Å². The Morgan fingerprint density at radius 1 is 1.33 bits per heavy atom. The number of nitrogen functional groups attached to an aromatic ring is 1. The van der Waals surface area contributed by atoms with E-state index in [4.69, 9.17) is 28.9 Å². The SMILES string of the molecule is CCN(CCNc1c(Cl)cc(N)cc1Cl)C1CC1. The fourth-order valence-corrected chi connectivity index (χ4v) is 2.76. The number of anilines is 2. The molecule has 0 atom stereocenters. The second kappa shape index (κ2) is 6.00. The first kappa shape index (κ1) is 13.8. The lowest BCUT2D eigenvalue weighted by molar-refractivity contribution is 0.289. The van der Waals surface area contributed by atoms with Gasteiger partial charge in [0, 0.05) is 24.8 Å². The summed E-state index contributed by atoms with van der Waals surface area (Å²) in [6.07, 6.45) is 2.66. The van der Waals surface area contributed by atoms with Crippen LogP contribution in [0.1, 0.15) is 19.8 Å².